The van der Waals surface area contributed by atoms with Crippen molar-refractivity contribution in [3.8, 4) is 11.3 Å². The molecule has 2 heterocycles. The van der Waals surface area contributed by atoms with Crippen LogP contribution in [-0.2, 0) is 11.3 Å². The largest absolute Gasteiger partial charge is 0.480 e. The monoisotopic (exact) mass is 235 g/mol. The molecule has 0 saturated carbocycles. The molecule has 0 amide bonds. The summed E-state index contributed by atoms with van der Waals surface area (Å²) in [5.41, 5.74) is 0.595. The Balaban J connectivity index is 2.41. The number of hydrogen-bond acceptors (Lipinski definition) is 5. The van der Waals surface area contributed by atoms with Gasteiger partial charge in [0, 0.05) is 6.07 Å². The highest BCUT2D eigenvalue weighted by atomic mass is 16.5. The highest BCUT2D eigenvalue weighted by molar-refractivity contribution is 5.66. The minimum absolute atomic E-state index is 0.408. The first-order valence-corrected chi connectivity index (χ1v) is 4.78. The third-order valence-electron chi connectivity index (χ3n) is 2.21. The summed E-state index contributed by atoms with van der Waals surface area (Å²) >= 11 is 0. The molecule has 17 heavy (non-hydrogen) atoms. The molecule has 7 nitrogen and oxygen atoms in total. The maximum atomic E-state index is 11.6. The first-order chi connectivity index (χ1) is 8.08. The molecule has 0 aliphatic rings. The van der Waals surface area contributed by atoms with Gasteiger partial charge in [0.1, 0.15) is 12.3 Å². The number of carboxylic acid groups (broad SMARTS) is 1. The van der Waals surface area contributed by atoms with Crippen LogP contribution in [0.4, 0.5) is 0 Å². The van der Waals surface area contributed by atoms with Gasteiger partial charge in [0.05, 0.1) is 23.8 Å². The van der Waals surface area contributed by atoms with Crippen molar-refractivity contribution in [3.05, 3.63) is 34.7 Å². The quantitative estimate of drug-likeness (QED) is 0.821. The fourth-order valence-electron chi connectivity index (χ4n) is 1.38. The number of aliphatic carboxylic acids is 1. The topological polar surface area (TPSA) is 98.2 Å². The van der Waals surface area contributed by atoms with E-state index in [2.05, 4.69) is 10.1 Å². The van der Waals surface area contributed by atoms with Crippen LogP contribution >= 0.6 is 0 Å². The van der Waals surface area contributed by atoms with Crippen molar-refractivity contribution in [2.45, 2.75) is 13.5 Å². The zero-order valence-corrected chi connectivity index (χ0v) is 8.95. The van der Waals surface area contributed by atoms with Crippen LogP contribution in [0.2, 0.25) is 0 Å². The van der Waals surface area contributed by atoms with Crippen molar-refractivity contribution in [1.29, 1.82) is 0 Å². The Labute approximate surface area is 95.3 Å². The molecule has 0 unspecified atom stereocenters. The van der Waals surface area contributed by atoms with Gasteiger partial charge in [0.2, 0.25) is 0 Å². The van der Waals surface area contributed by atoms with Gasteiger partial charge in [-0.25, -0.2) is 4.98 Å². The minimum atomic E-state index is -1.09. The summed E-state index contributed by atoms with van der Waals surface area (Å²) in [7, 11) is 0. The summed E-state index contributed by atoms with van der Waals surface area (Å²) in [4.78, 5) is 26.1. The average Bonchev–Trinajstić information content (AvgIpc) is 2.67. The molecule has 0 aliphatic carbocycles. The van der Waals surface area contributed by atoms with E-state index in [0.717, 1.165) is 4.57 Å². The van der Waals surface area contributed by atoms with E-state index >= 15 is 0 Å². The lowest BCUT2D eigenvalue weighted by Gasteiger charge is -2.02. The number of aromatic nitrogens is 3. The Bertz CT molecular complexity index is 614. The van der Waals surface area contributed by atoms with Gasteiger partial charge in [-0.15, -0.1) is 0 Å². The second-order valence-electron chi connectivity index (χ2n) is 3.43. The summed E-state index contributed by atoms with van der Waals surface area (Å²) < 4.78 is 5.87. The van der Waals surface area contributed by atoms with E-state index in [-0.39, 0.29) is 0 Å². The minimum Gasteiger partial charge on any atom is -0.480 e. The predicted molar refractivity (Wildman–Crippen MR) is 56.4 cm³/mol. The summed E-state index contributed by atoms with van der Waals surface area (Å²) in [5.74, 6) is -0.546. The molecule has 0 saturated heterocycles. The van der Waals surface area contributed by atoms with Crippen LogP contribution in [0.15, 0.2) is 27.9 Å². The number of rotatable bonds is 3. The maximum absolute atomic E-state index is 11.6. The van der Waals surface area contributed by atoms with E-state index in [1.165, 1.54) is 18.6 Å². The normalized spacial score (nSPS) is 10.4. The van der Waals surface area contributed by atoms with E-state index < -0.39 is 18.1 Å². The lowest BCUT2D eigenvalue weighted by atomic mass is 10.2. The molecule has 0 radical (unpaired) electrons. The van der Waals surface area contributed by atoms with E-state index in [4.69, 9.17) is 9.63 Å². The number of carboxylic acids is 1. The fraction of sp³-hybridized carbons (Fsp3) is 0.200. The molecule has 0 atom stereocenters. The van der Waals surface area contributed by atoms with Crippen LogP contribution in [0.25, 0.3) is 11.3 Å². The first-order valence-electron chi connectivity index (χ1n) is 4.78. The Morgan fingerprint density at radius 1 is 1.59 bits per heavy atom. The molecule has 0 fully saturated rings. The number of aryl methyl sites for hydroxylation is 1. The van der Waals surface area contributed by atoms with E-state index in [1.54, 1.807) is 6.92 Å². The second-order valence-corrected chi connectivity index (χ2v) is 3.43. The molecule has 0 aliphatic heterocycles. The highest BCUT2D eigenvalue weighted by Gasteiger charge is 2.10. The van der Waals surface area contributed by atoms with Crippen molar-refractivity contribution in [2.75, 3.05) is 0 Å². The van der Waals surface area contributed by atoms with Crippen molar-refractivity contribution in [2.24, 2.45) is 0 Å². The van der Waals surface area contributed by atoms with Crippen LogP contribution in [0.5, 0.6) is 0 Å². The summed E-state index contributed by atoms with van der Waals surface area (Å²) in [5, 5.41) is 12.2. The molecule has 1 N–H and O–H groups in total. The second kappa shape index (κ2) is 4.20. The SMILES string of the molecule is Cc1oncc1-c1cc(=O)n(CC(=O)O)cn1. The van der Waals surface area contributed by atoms with Gasteiger partial charge >= 0.3 is 5.97 Å². The van der Waals surface area contributed by atoms with Gasteiger partial charge in [0.15, 0.2) is 0 Å². The number of hydrogen-bond donors (Lipinski definition) is 1. The van der Waals surface area contributed by atoms with Crippen molar-refractivity contribution >= 4 is 5.97 Å². The zero-order valence-electron chi connectivity index (χ0n) is 8.95. The lowest BCUT2D eigenvalue weighted by Crippen LogP contribution is -2.23. The smallest absolute Gasteiger partial charge is 0.323 e. The van der Waals surface area contributed by atoms with Crippen LogP contribution in [-0.4, -0.2) is 25.8 Å². The summed E-state index contributed by atoms with van der Waals surface area (Å²) in [6, 6.07) is 1.25. The molecule has 2 rings (SSSR count). The average molecular weight is 235 g/mol. The van der Waals surface area contributed by atoms with Gasteiger partial charge in [0.25, 0.3) is 5.56 Å². The van der Waals surface area contributed by atoms with Crippen molar-refractivity contribution < 1.29 is 14.4 Å². The van der Waals surface area contributed by atoms with Crippen LogP contribution in [0.3, 0.4) is 0 Å². The standard InChI is InChI=1S/C10H9N3O4/c1-6-7(3-12-17-6)8-2-9(14)13(5-11-8)4-10(15)16/h2-3,5H,4H2,1H3,(H,15,16). The Hall–Kier alpha value is -2.44. The summed E-state index contributed by atoms with van der Waals surface area (Å²) in [6.45, 7) is 1.29. The molecule has 0 aromatic carbocycles. The predicted octanol–water partition coefficient (Wildman–Crippen LogP) is 0.291. The summed E-state index contributed by atoms with van der Waals surface area (Å²) in [6.07, 6.45) is 2.65. The van der Waals surface area contributed by atoms with E-state index in [9.17, 15) is 9.59 Å². The van der Waals surface area contributed by atoms with E-state index in [1.807, 2.05) is 0 Å². The first kappa shape index (κ1) is 11.1. The molecular weight excluding hydrogens is 226 g/mol. The molecule has 2 aromatic heterocycles. The Kier molecular flexibility index (Phi) is 2.73. The van der Waals surface area contributed by atoms with Gasteiger partial charge < -0.3 is 9.63 Å². The number of carbonyl (C=O) groups is 1. The maximum Gasteiger partial charge on any atom is 0.323 e. The molecule has 0 spiro atoms. The third-order valence-corrected chi connectivity index (χ3v) is 2.21. The lowest BCUT2D eigenvalue weighted by molar-refractivity contribution is -0.137. The van der Waals surface area contributed by atoms with Gasteiger partial charge in [-0.1, -0.05) is 5.16 Å². The Morgan fingerprint density at radius 2 is 2.35 bits per heavy atom. The Morgan fingerprint density at radius 3 is 2.88 bits per heavy atom. The van der Waals surface area contributed by atoms with Gasteiger partial charge in [-0.05, 0) is 6.92 Å². The zero-order chi connectivity index (χ0) is 12.4. The molecule has 0 bridgehead atoms. The highest BCUT2D eigenvalue weighted by Crippen LogP contribution is 2.18. The number of nitrogens with zero attached hydrogens (tertiary/aromatic N) is 3. The molecule has 2 aromatic rings. The fourth-order valence-corrected chi connectivity index (χ4v) is 1.38. The van der Waals surface area contributed by atoms with Crippen molar-refractivity contribution in [1.82, 2.24) is 14.7 Å². The van der Waals surface area contributed by atoms with Crippen molar-refractivity contribution in [3.63, 3.8) is 0 Å². The van der Waals surface area contributed by atoms with Crippen LogP contribution in [0, 0.1) is 6.92 Å². The van der Waals surface area contributed by atoms with Gasteiger partial charge in [-0.3, -0.25) is 14.2 Å². The van der Waals surface area contributed by atoms with Crippen LogP contribution < -0.4 is 5.56 Å². The van der Waals surface area contributed by atoms with Gasteiger partial charge in [-0.2, -0.15) is 0 Å². The van der Waals surface area contributed by atoms with E-state index in [0.29, 0.717) is 17.0 Å². The molecule has 88 valence electrons. The molecular formula is C10H9N3O4. The third kappa shape index (κ3) is 2.22. The van der Waals surface area contributed by atoms with Crippen LogP contribution in [0.1, 0.15) is 5.76 Å². The molecule has 7 heteroatoms.